The lowest BCUT2D eigenvalue weighted by Crippen LogP contribution is -2.29. The summed E-state index contributed by atoms with van der Waals surface area (Å²) in [5.41, 5.74) is -2.32. The Balaban J connectivity index is 0.00000261. The van der Waals surface area contributed by atoms with Crippen molar-refractivity contribution in [2.45, 2.75) is 19.0 Å². The lowest BCUT2D eigenvalue weighted by atomic mass is 10.1. The molecule has 1 saturated heterocycles. The quantitative estimate of drug-likeness (QED) is 0.747. The predicted octanol–water partition coefficient (Wildman–Crippen LogP) is 2.58. The van der Waals surface area contributed by atoms with E-state index in [1.165, 1.54) is 12.1 Å². The lowest BCUT2D eigenvalue weighted by molar-refractivity contribution is -0.143. The van der Waals surface area contributed by atoms with E-state index in [9.17, 15) is 22.4 Å². The van der Waals surface area contributed by atoms with Crippen LogP contribution >= 0.6 is 12.4 Å². The highest BCUT2D eigenvalue weighted by Gasteiger charge is 2.42. The number of nitrogens with zero attached hydrogens (tertiary/aromatic N) is 3. The average Bonchev–Trinajstić information content (AvgIpc) is 3.23. The minimum atomic E-state index is -4.88. The van der Waals surface area contributed by atoms with Gasteiger partial charge in [0.1, 0.15) is 5.82 Å². The van der Waals surface area contributed by atoms with Gasteiger partial charge >= 0.3 is 6.18 Å². The summed E-state index contributed by atoms with van der Waals surface area (Å²) in [7, 11) is 0. The Bertz CT molecular complexity index is 789. The first-order valence-electron chi connectivity index (χ1n) is 8.14. The van der Waals surface area contributed by atoms with E-state index in [-0.39, 0.29) is 24.6 Å². The molecule has 0 bridgehead atoms. The van der Waals surface area contributed by atoms with E-state index in [4.69, 9.17) is 0 Å². The second-order valence-electron chi connectivity index (χ2n) is 6.08. The van der Waals surface area contributed by atoms with Gasteiger partial charge in [0, 0.05) is 6.54 Å². The van der Waals surface area contributed by atoms with Gasteiger partial charge in [-0.25, -0.2) is 9.07 Å². The summed E-state index contributed by atoms with van der Waals surface area (Å²) in [5, 5.41) is 12.4. The number of aromatic nitrogens is 3. The highest BCUT2D eigenvalue weighted by Crippen LogP contribution is 2.32. The molecule has 1 aliphatic heterocycles. The van der Waals surface area contributed by atoms with Crippen molar-refractivity contribution >= 4 is 18.3 Å². The Labute approximate surface area is 158 Å². The first kappa shape index (κ1) is 21.1. The van der Waals surface area contributed by atoms with Crippen LogP contribution in [-0.2, 0) is 6.18 Å². The molecule has 0 radical (unpaired) electrons. The van der Waals surface area contributed by atoms with Crippen LogP contribution in [0.4, 0.5) is 17.6 Å². The zero-order valence-electron chi connectivity index (χ0n) is 14.1. The number of carbonyl (C=O) groups excluding carboxylic acids is 1. The van der Waals surface area contributed by atoms with Gasteiger partial charge in [-0.3, -0.25) is 4.79 Å². The standard InChI is InChI=1S/C16H17F4N5O.ClH/c17-11-2-1-3-12(8-11)25-14(16(18,19)20)13(23-24-25)15(26)22-7-5-10-4-6-21-9-10;/h1-3,8,10,21H,4-7,9H2,(H,22,26);1H. The van der Waals surface area contributed by atoms with Crippen molar-refractivity contribution in [1.29, 1.82) is 0 Å². The first-order valence-corrected chi connectivity index (χ1v) is 8.14. The molecular formula is C16H18ClF4N5O. The van der Waals surface area contributed by atoms with Crippen LogP contribution in [0.5, 0.6) is 0 Å². The number of hydrogen-bond donors (Lipinski definition) is 2. The molecule has 2 N–H and O–H groups in total. The molecule has 0 saturated carbocycles. The fraction of sp³-hybridized carbons (Fsp3) is 0.438. The van der Waals surface area contributed by atoms with Crippen LogP contribution in [0.25, 0.3) is 5.69 Å². The van der Waals surface area contributed by atoms with Crippen molar-refractivity contribution in [3.05, 3.63) is 41.5 Å². The van der Waals surface area contributed by atoms with E-state index in [1.807, 2.05) is 0 Å². The molecule has 2 heterocycles. The van der Waals surface area contributed by atoms with Gasteiger partial charge in [-0.05, 0) is 50.0 Å². The maximum atomic E-state index is 13.5. The smallest absolute Gasteiger partial charge is 0.351 e. The van der Waals surface area contributed by atoms with Crippen LogP contribution < -0.4 is 10.6 Å². The van der Waals surface area contributed by atoms with E-state index in [0.29, 0.717) is 17.0 Å². The minimum absolute atomic E-state index is 0. The fourth-order valence-electron chi connectivity index (χ4n) is 2.91. The van der Waals surface area contributed by atoms with E-state index in [0.717, 1.165) is 31.6 Å². The van der Waals surface area contributed by atoms with Crippen molar-refractivity contribution in [3.63, 3.8) is 0 Å². The Morgan fingerprint density at radius 2 is 2.15 bits per heavy atom. The van der Waals surface area contributed by atoms with E-state index >= 15 is 0 Å². The number of rotatable bonds is 5. The molecule has 1 aromatic heterocycles. The third-order valence-electron chi connectivity index (χ3n) is 4.21. The molecule has 1 aliphatic rings. The molecule has 6 nitrogen and oxygen atoms in total. The molecule has 0 aliphatic carbocycles. The summed E-state index contributed by atoms with van der Waals surface area (Å²) in [5.74, 6) is -1.28. The molecule has 1 aromatic carbocycles. The van der Waals surface area contributed by atoms with E-state index < -0.39 is 29.3 Å². The normalized spacial score (nSPS) is 16.8. The second-order valence-corrected chi connectivity index (χ2v) is 6.08. The lowest BCUT2D eigenvalue weighted by Gasteiger charge is -2.12. The maximum Gasteiger partial charge on any atom is 0.435 e. The molecule has 27 heavy (non-hydrogen) atoms. The molecule has 1 atom stereocenters. The zero-order chi connectivity index (χ0) is 18.7. The van der Waals surface area contributed by atoms with Crippen LogP contribution in [-0.4, -0.2) is 40.5 Å². The number of carbonyl (C=O) groups is 1. The third-order valence-corrected chi connectivity index (χ3v) is 4.21. The van der Waals surface area contributed by atoms with Crippen LogP contribution in [0.2, 0.25) is 0 Å². The highest BCUT2D eigenvalue weighted by molar-refractivity contribution is 5.93. The van der Waals surface area contributed by atoms with Crippen LogP contribution in [0.15, 0.2) is 24.3 Å². The van der Waals surface area contributed by atoms with Crippen LogP contribution in [0.3, 0.4) is 0 Å². The van der Waals surface area contributed by atoms with Gasteiger partial charge in [0.2, 0.25) is 0 Å². The van der Waals surface area contributed by atoms with Gasteiger partial charge in [-0.15, -0.1) is 17.5 Å². The van der Waals surface area contributed by atoms with Crippen molar-refractivity contribution < 1.29 is 22.4 Å². The molecule has 0 spiro atoms. The number of nitrogens with one attached hydrogen (secondary N) is 2. The fourth-order valence-corrected chi connectivity index (χ4v) is 2.91. The molecule has 148 valence electrons. The van der Waals surface area contributed by atoms with Crippen LogP contribution in [0.1, 0.15) is 29.0 Å². The SMILES string of the molecule is Cl.O=C(NCCC1CCNC1)c1nnn(-c2cccc(F)c2)c1C(F)(F)F. The zero-order valence-corrected chi connectivity index (χ0v) is 14.9. The third kappa shape index (κ3) is 4.95. The summed E-state index contributed by atoms with van der Waals surface area (Å²) >= 11 is 0. The molecule has 2 aromatic rings. The molecule has 1 unspecified atom stereocenters. The second kappa shape index (κ2) is 8.66. The van der Waals surface area contributed by atoms with Gasteiger partial charge in [0.25, 0.3) is 5.91 Å². The molecule has 3 rings (SSSR count). The Kier molecular flexibility index (Phi) is 6.77. The largest absolute Gasteiger partial charge is 0.435 e. The molecule has 11 heteroatoms. The molecular weight excluding hydrogens is 390 g/mol. The summed E-state index contributed by atoms with van der Waals surface area (Å²) in [6.45, 7) is 1.98. The number of alkyl halides is 3. The first-order chi connectivity index (χ1) is 12.4. The highest BCUT2D eigenvalue weighted by atomic mass is 35.5. The summed E-state index contributed by atoms with van der Waals surface area (Å²) < 4.78 is 54.2. The molecule has 1 amide bonds. The van der Waals surface area contributed by atoms with Crippen molar-refractivity contribution in [2.75, 3.05) is 19.6 Å². The van der Waals surface area contributed by atoms with Crippen LogP contribution in [0, 0.1) is 11.7 Å². The van der Waals surface area contributed by atoms with Gasteiger partial charge in [0.15, 0.2) is 11.4 Å². The van der Waals surface area contributed by atoms with Crippen molar-refractivity contribution in [3.8, 4) is 5.69 Å². The van der Waals surface area contributed by atoms with Crippen molar-refractivity contribution in [2.24, 2.45) is 5.92 Å². The monoisotopic (exact) mass is 407 g/mol. The maximum absolute atomic E-state index is 13.5. The Hall–Kier alpha value is -2.20. The van der Waals surface area contributed by atoms with E-state index in [2.05, 4.69) is 20.9 Å². The predicted molar refractivity (Wildman–Crippen MR) is 91.5 cm³/mol. The van der Waals surface area contributed by atoms with Gasteiger partial charge < -0.3 is 10.6 Å². The Morgan fingerprint density at radius 1 is 1.37 bits per heavy atom. The minimum Gasteiger partial charge on any atom is -0.351 e. The number of amides is 1. The number of halogens is 5. The van der Waals surface area contributed by atoms with Crippen molar-refractivity contribution in [1.82, 2.24) is 25.6 Å². The summed E-state index contributed by atoms with van der Waals surface area (Å²) in [6, 6.07) is 4.49. The number of benzene rings is 1. The summed E-state index contributed by atoms with van der Waals surface area (Å²) in [4.78, 5) is 12.2. The number of hydrogen-bond acceptors (Lipinski definition) is 4. The van der Waals surface area contributed by atoms with Gasteiger partial charge in [-0.1, -0.05) is 11.3 Å². The van der Waals surface area contributed by atoms with Gasteiger partial charge in [0.05, 0.1) is 5.69 Å². The van der Waals surface area contributed by atoms with Gasteiger partial charge in [-0.2, -0.15) is 13.2 Å². The summed E-state index contributed by atoms with van der Waals surface area (Å²) in [6.07, 6.45) is -3.24. The van der Waals surface area contributed by atoms with E-state index in [1.54, 1.807) is 0 Å². The Morgan fingerprint density at radius 3 is 2.78 bits per heavy atom. The topological polar surface area (TPSA) is 71.8 Å². The molecule has 1 fully saturated rings. The average molecular weight is 408 g/mol.